The topological polar surface area (TPSA) is 102 Å². The second kappa shape index (κ2) is 6.85. The Morgan fingerprint density at radius 1 is 1.29 bits per heavy atom. The van der Waals surface area contributed by atoms with E-state index in [0.29, 0.717) is 6.54 Å². The molecule has 0 radical (unpaired) electrons. The Bertz CT molecular complexity index is 299. The number of hydrogen-bond donors (Lipinski definition) is 2. The molecule has 0 atom stereocenters. The second-order valence-corrected chi connectivity index (χ2v) is 3.81. The van der Waals surface area contributed by atoms with Crippen LogP contribution in [0.5, 0.6) is 0 Å². The Kier molecular flexibility index (Phi) is 6.19. The first-order valence-electron chi connectivity index (χ1n) is 5.05. The van der Waals surface area contributed by atoms with Crippen molar-refractivity contribution in [3.05, 3.63) is 0 Å². The van der Waals surface area contributed by atoms with Crippen LogP contribution in [0.25, 0.3) is 0 Å². The molecule has 0 unspecified atom stereocenters. The summed E-state index contributed by atoms with van der Waals surface area (Å²) in [6.07, 6.45) is 0. The number of rotatable bonds is 7. The zero-order valence-electron chi connectivity index (χ0n) is 10.1. The molecule has 17 heavy (non-hydrogen) atoms. The first-order valence-corrected chi connectivity index (χ1v) is 5.05. The predicted octanol–water partition coefficient (Wildman–Crippen LogP) is -0.454. The maximum atomic E-state index is 11.2. The minimum Gasteiger partial charge on any atom is -0.478 e. The van der Waals surface area contributed by atoms with E-state index >= 15 is 0 Å². The normalized spacial score (nSPS) is 10.8. The van der Waals surface area contributed by atoms with Crippen LogP contribution in [0.2, 0.25) is 0 Å². The third-order valence-corrected chi connectivity index (χ3v) is 1.74. The van der Waals surface area contributed by atoms with E-state index in [4.69, 9.17) is 9.84 Å². The van der Waals surface area contributed by atoms with Crippen LogP contribution in [-0.4, -0.2) is 48.3 Å². The molecule has 0 aliphatic carbocycles. The van der Waals surface area contributed by atoms with Gasteiger partial charge < -0.3 is 19.9 Å². The van der Waals surface area contributed by atoms with Crippen LogP contribution in [0, 0.1) is 0 Å². The Hall–Kier alpha value is -1.63. The summed E-state index contributed by atoms with van der Waals surface area (Å²) in [5.41, 5.74) is -1.55. The van der Waals surface area contributed by atoms with Gasteiger partial charge in [-0.2, -0.15) is 0 Å². The lowest BCUT2D eigenvalue weighted by Gasteiger charge is -2.19. The van der Waals surface area contributed by atoms with Crippen molar-refractivity contribution in [3.63, 3.8) is 0 Å². The van der Waals surface area contributed by atoms with Gasteiger partial charge in [0.25, 0.3) is 0 Å². The summed E-state index contributed by atoms with van der Waals surface area (Å²) < 4.78 is 9.33. The van der Waals surface area contributed by atoms with Crippen molar-refractivity contribution < 1.29 is 29.0 Å². The summed E-state index contributed by atoms with van der Waals surface area (Å²) in [7, 11) is 0. The molecule has 0 heterocycles. The van der Waals surface area contributed by atoms with Gasteiger partial charge in [0.1, 0.15) is 6.61 Å². The zero-order valence-corrected chi connectivity index (χ0v) is 10.1. The summed E-state index contributed by atoms with van der Waals surface area (Å²) >= 11 is 0. The minimum absolute atomic E-state index is 0.141. The summed E-state index contributed by atoms with van der Waals surface area (Å²) in [5, 5.41) is 11.4. The molecule has 98 valence electrons. The number of nitrogens with one attached hydrogen (secondary N) is 1. The molecule has 0 aromatic carbocycles. The highest BCUT2D eigenvalue weighted by molar-refractivity contribution is 5.81. The number of esters is 2. The Labute approximate surface area is 99.1 Å². The fourth-order valence-corrected chi connectivity index (χ4v) is 0.822. The van der Waals surface area contributed by atoms with Gasteiger partial charge in [-0.05, 0) is 13.8 Å². The van der Waals surface area contributed by atoms with Crippen LogP contribution in [0.15, 0.2) is 0 Å². The van der Waals surface area contributed by atoms with E-state index in [1.54, 1.807) is 0 Å². The summed E-state index contributed by atoms with van der Waals surface area (Å²) in [5.74, 6) is -2.30. The van der Waals surface area contributed by atoms with Crippen molar-refractivity contribution in [2.75, 3.05) is 19.7 Å². The van der Waals surface area contributed by atoms with Crippen molar-refractivity contribution in [1.82, 2.24) is 5.32 Å². The number of aliphatic carboxylic acids is 1. The van der Waals surface area contributed by atoms with Gasteiger partial charge in [-0.3, -0.25) is 9.59 Å². The maximum Gasteiger partial charge on any atom is 0.347 e. The first kappa shape index (κ1) is 15.4. The highest BCUT2D eigenvalue weighted by atomic mass is 16.6. The van der Waals surface area contributed by atoms with Gasteiger partial charge in [0.2, 0.25) is 5.60 Å². The Morgan fingerprint density at radius 3 is 2.35 bits per heavy atom. The zero-order chi connectivity index (χ0) is 13.5. The highest BCUT2D eigenvalue weighted by Gasteiger charge is 2.31. The summed E-state index contributed by atoms with van der Waals surface area (Å²) in [6, 6.07) is 0. The van der Waals surface area contributed by atoms with Gasteiger partial charge in [-0.15, -0.1) is 0 Å². The average Bonchev–Trinajstić information content (AvgIpc) is 2.15. The minimum atomic E-state index is -1.55. The van der Waals surface area contributed by atoms with E-state index in [0.717, 1.165) is 0 Å². The van der Waals surface area contributed by atoms with Crippen molar-refractivity contribution in [2.24, 2.45) is 0 Å². The predicted molar refractivity (Wildman–Crippen MR) is 57.3 cm³/mol. The van der Waals surface area contributed by atoms with Crippen molar-refractivity contribution in [3.8, 4) is 0 Å². The van der Waals surface area contributed by atoms with Crippen molar-refractivity contribution >= 4 is 17.9 Å². The van der Waals surface area contributed by atoms with Crippen LogP contribution in [0.1, 0.15) is 20.8 Å². The molecule has 0 fully saturated rings. The lowest BCUT2D eigenvalue weighted by molar-refractivity contribution is -0.173. The Balaban J connectivity index is 3.74. The highest BCUT2D eigenvalue weighted by Crippen LogP contribution is 2.08. The van der Waals surface area contributed by atoms with E-state index in [2.05, 4.69) is 10.1 Å². The smallest absolute Gasteiger partial charge is 0.347 e. The maximum absolute atomic E-state index is 11.2. The molecule has 0 aromatic rings. The molecule has 7 nitrogen and oxygen atoms in total. The van der Waals surface area contributed by atoms with E-state index in [-0.39, 0.29) is 13.2 Å². The molecule has 0 aromatic heterocycles. The van der Waals surface area contributed by atoms with Crippen LogP contribution in [-0.2, 0) is 23.9 Å². The van der Waals surface area contributed by atoms with Crippen molar-refractivity contribution in [2.45, 2.75) is 26.4 Å². The molecule has 7 heteroatoms. The molecule has 2 N–H and O–H groups in total. The van der Waals surface area contributed by atoms with E-state index in [9.17, 15) is 14.4 Å². The monoisotopic (exact) mass is 247 g/mol. The third kappa shape index (κ3) is 7.29. The standard InChI is InChI=1S/C10H17NO6/c1-7(12)16-5-4-11-6-8(13)17-10(2,3)9(14)15/h11H,4-6H2,1-3H3,(H,14,15). The number of carbonyl (C=O) groups is 3. The molecule has 0 saturated heterocycles. The van der Waals surface area contributed by atoms with E-state index in [1.165, 1.54) is 20.8 Å². The number of carboxylic acids is 1. The van der Waals surface area contributed by atoms with Gasteiger partial charge in [-0.1, -0.05) is 0 Å². The van der Waals surface area contributed by atoms with Gasteiger partial charge in [0.05, 0.1) is 6.54 Å². The SMILES string of the molecule is CC(=O)OCCNCC(=O)OC(C)(C)C(=O)O. The van der Waals surface area contributed by atoms with Gasteiger partial charge in [0.15, 0.2) is 0 Å². The van der Waals surface area contributed by atoms with Crippen LogP contribution in [0.3, 0.4) is 0 Å². The lowest BCUT2D eigenvalue weighted by Crippen LogP contribution is -2.40. The quantitative estimate of drug-likeness (QED) is 0.464. The molecule has 0 rings (SSSR count). The van der Waals surface area contributed by atoms with Gasteiger partial charge >= 0.3 is 17.9 Å². The summed E-state index contributed by atoms with van der Waals surface area (Å²) in [6.45, 7) is 4.15. The van der Waals surface area contributed by atoms with Gasteiger partial charge in [0, 0.05) is 13.5 Å². The molecule has 0 bridgehead atoms. The summed E-state index contributed by atoms with van der Waals surface area (Å²) in [4.78, 5) is 32.3. The Morgan fingerprint density at radius 2 is 1.88 bits per heavy atom. The molecular formula is C10H17NO6. The molecule has 0 spiro atoms. The van der Waals surface area contributed by atoms with E-state index in [1.807, 2.05) is 0 Å². The second-order valence-electron chi connectivity index (χ2n) is 3.81. The average molecular weight is 247 g/mol. The third-order valence-electron chi connectivity index (χ3n) is 1.74. The number of carboxylic acid groups (broad SMARTS) is 1. The number of hydrogen-bond acceptors (Lipinski definition) is 6. The van der Waals surface area contributed by atoms with E-state index < -0.39 is 23.5 Å². The fraction of sp³-hybridized carbons (Fsp3) is 0.700. The largest absolute Gasteiger partial charge is 0.478 e. The molecular weight excluding hydrogens is 230 g/mol. The lowest BCUT2D eigenvalue weighted by atomic mass is 10.1. The molecule has 0 aliphatic rings. The van der Waals surface area contributed by atoms with Gasteiger partial charge in [-0.25, -0.2) is 4.79 Å². The molecule has 0 saturated carbocycles. The molecule has 0 aliphatic heterocycles. The first-order chi connectivity index (χ1) is 7.75. The van der Waals surface area contributed by atoms with Crippen LogP contribution >= 0.6 is 0 Å². The fourth-order valence-electron chi connectivity index (χ4n) is 0.822. The van der Waals surface area contributed by atoms with Crippen LogP contribution < -0.4 is 5.32 Å². The number of ether oxygens (including phenoxy) is 2. The number of carbonyl (C=O) groups excluding carboxylic acids is 2. The van der Waals surface area contributed by atoms with Crippen LogP contribution in [0.4, 0.5) is 0 Å². The van der Waals surface area contributed by atoms with Crippen molar-refractivity contribution in [1.29, 1.82) is 0 Å². The molecule has 0 amide bonds.